The Bertz CT molecular complexity index is 1270. The van der Waals surface area contributed by atoms with Gasteiger partial charge in [-0.1, -0.05) is 44.0 Å². The van der Waals surface area contributed by atoms with E-state index in [-0.39, 0.29) is 18.0 Å². The van der Waals surface area contributed by atoms with Crippen LogP contribution in [0.5, 0.6) is 11.5 Å². The SMILES string of the molecule is CCOc1cc(/C=C(\C#N)C(=O)Nc2ccc(Br)c(C)c2)c(Br)cc1OCc1ccc(F)cc1. The molecule has 0 bridgehead atoms. The molecule has 3 rings (SSSR count). The minimum atomic E-state index is -0.522. The minimum absolute atomic E-state index is 0.0660. The van der Waals surface area contributed by atoms with Crippen LogP contribution in [0, 0.1) is 24.1 Å². The normalized spacial score (nSPS) is 11.0. The molecule has 0 saturated heterocycles. The number of carbonyl (C=O) groups is 1. The largest absolute Gasteiger partial charge is 0.490 e. The molecule has 0 saturated carbocycles. The number of nitrogens with zero attached hydrogens (tertiary/aromatic N) is 1. The average Bonchev–Trinajstić information content (AvgIpc) is 2.81. The fourth-order valence-electron chi connectivity index (χ4n) is 3.01. The third-order valence-corrected chi connectivity index (χ3v) is 6.33. The first-order valence-corrected chi connectivity index (χ1v) is 11.9. The van der Waals surface area contributed by atoms with Gasteiger partial charge in [-0.05, 0) is 79.1 Å². The van der Waals surface area contributed by atoms with Crippen molar-refractivity contribution in [1.29, 1.82) is 5.26 Å². The summed E-state index contributed by atoms with van der Waals surface area (Å²) in [7, 11) is 0. The van der Waals surface area contributed by atoms with Gasteiger partial charge in [0.25, 0.3) is 5.91 Å². The Morgan fingerprint density at radius 1 is 1.06 bits per heavy atom. The van der Waals surface area contributed by atoms with Crippen LogP contribution in [0.2, 0.25) is 0 Å². The smallest absolute Gasteiger partial charge is 0.266 e. The molecule has 0 radical (unpaired) electrons. The molecule has 3 aromatic carbocycles. The topological polar surface area (TPSA) is 71.3 Å². The van der Waals surface area contributed by atoms with Crippen molar-refractivity contribution in [2.45, 2.75) is 20.5 Å². The average molecular weight is 588 g/mol. The zero-order chi connectivity index (χ0) is 24.7. The molecule has 0 aliphatic carbocycles. The summed E-state index contributed by atoms with van der Waals surface area (Å²) in [5.41, 5.74) is 2.86. The van der Waals surface area contributed by atoms with Gasteiger partial charge >= 0.3 is 0 Å². The van der Waals surface area contributed by atoms with Gasteiger partial charge in [0.1, 0.15) is 24.1 Å². The number of aryl methyl sites for hydroxylation is 1. The van der Waals surface area contributed by atoms with Gasteiger partial charge in [0.15, 0.2) is 11.5 Å². The first-order chi connectivity index (χ1) is 16.3. The van der Waals surface area contributed by atoms with Gasteiger partial charge in [0, 0.05) is 14.6 Å². The first-order valence-electron chi connectivity index (χ1n) is 10.3. The van der Waals surface area contributed by atoms with Crippen LogP contribution >= 0.6 is 31.9 Å². The number of ether oxygens (including phenoxy) is 2. The highest BCUT2D eigenvalue weighted by Gasteiger charge is 2.15. The molecule has 1 amide bonds. The fraction of sp³-hybridized carbons (Fsp3) is 0.154. The summed E-state index contributed by atoms with van der Waals surface area (Å²) in [5.74, 6) is 0.0970. The van der Waals surface area contributed by atoms with E-state index in [4.69, 9.17) is 9.47 Å². The molecule has 174 valence electrons. The molecule has 0 heterocycles. The standard InChI is InChI=1S/C26H21Br2FN2O3/c1-3-33-24-12-18(23(28)13-25(24)34-15-17-4-6-20(29)7-5-17)11-19(14-30)26(32)31-21-8-9-22(27)16(2)10-21/h4-13H,3,15H2,1-2H3,(H,31,32)/b19-11+. The van der Waals surface area contributed by atoms with E-state index in [9.17, 15) is 14.4 Å². The molecule has 0 fully saturated rings. The van der Waals surface area contributed by atoms with Crippen LogP contribution in [0.3, 0.4) is 0 Å². The second-order valence-electron chi connectivity index (χ2n) is 7.26. The van der Waals surface area contributed by atoms with Crippen LogP contribution in [0.15, 0.2) is 69.1 Å². The zero-order valence-corrected chi connectivity index (χ0v) is 21.7. The maximum Gasteiger partial charge on any atom is 0.266 e. The quantitative estimate of drug-likeness (QED) is 0.224. The van der Waals surface area contributed by atoms with Gasteiger partial charge in [-0.2, -0.15) is 5.26 Å². The van der Waals surface area contributed by atoms with Crippen molar-refractivity contribution in [3.8, 4) is 17.6 Å². The van der Waals surface area contributed by atoms with E-state index < -0.39 is 5.91 Å². The Morgan fingerprint density at radius 2 is 1.76 bits per heavy atom. The number of hydrogen-bond donors (Lipinski definition) is 1. The van der Waals surface area contributed by atoms with Crippen LogP contribution in [0.25, 0.3) is 6.08 Å². The molecule has 0 spiro atoms. The van der Waals surface area contributed by atoms with E-state index in [0.717, 1.165) is 15.6 Å². The van der Waals surface area contributed by atoms with Gasteiger partial charge in [0.05, 0.1) is 6.61 Å². The van der Waals surface area contributed by atoms with Gasteiger partial charge in [-0.3, -0.25) is 4.79 Å². The fourth-order valence-corrected chi connectivity index (χ4v) is 3.69. The number of amides is 1. The Hall–Kier alpha value is -3.15. The molecule has 8 heteroatoms. The molecule has 5 nitrogen and oxygen atoms in total. The molecule has 0 aliphatic heterocycles. The van der Waals surface area contributed by atoms with E-state index in [1.165, 1.54) is 18.2 Å². The number of nitrogens with one attached hydrogen (secondary N) is 1. The highest BCUT2D eigenvalue weighted by molar-refractivity contribution is 9.10. The van der Waals surface area contributed by atoms with Crippen molar-refractivity contribution < 1.29 is 18.7 Å². The van der Waals surface area contributed by atoms with E-state index in [1.807, 2.05) is 32.0 Å². The Morgan fingerprint density at radius 3 is 2.41 bits per heavy atom. The number of anilines is 1. The lowest BCUT2D eigenvalue weighted by Crippen LogP contribution is -2.13. The van der Waals surface area contributed by atoms with Crippen molar-refractivity contribution in [3.63, 3.8) is 0 Å². The summed E-state index contributed by atoms with van der Waals surface area (Å²) in [6, 6.07) is 16.8. The number of carbonyl (C=O) groups excluding carboxylic acids is 1. The highest BCUT2D eigenvalue weighted by atomic mass is 79.9. The third kappa shape index (κ3) is 6.69. The summed E-state index contributed by atoms with van der Waals surface area (Å²) in [6.45, 7) is 4.37. The van der Waals surface area contributed by atoms with Gasteiger partial charge in [-0.15, -0.1) is 0 Å². The molecular formula is C26H21Br2FN2O3. The predicted octanol–water partition coefficient (Wildman–Crippen LogP) is 7.18. The van der Waals surface area contributed by atoms with Gasteiger partial charge in [-0.25, -0.2) is 4.39 Å². The maximum absolute atomic E-state index is 13.1. The summed E-state index contributed by atoms with van der Waals surface area (Å²) >= 11 is 6.91. The molecule has 0 unspecified atom stereocenters. The molecule has 0 atom stereocenters. The Balaban J connectivity index is 1.84. The van der Waals surface area contributed by atoms with Crippen LogP contribution in [-0.4, -0.2) is 12.5 Å². The number of nitriles is 1. The Labute approximate surface area is 214 Å². The lowest BCUT2D eigenvalue weighted by Gasteiger charge is -2.14. The monoisotopic (exact) mass is 586 g/mol. The van der Waals surface area contributed by atoms with Crippen LogP contribution in [-0.2, 0) is 11.4 Å². The van der Waals surface area contributed by atoms with E-state index in [2.05, 4.69) is 37.2 Å². The molecule has 0 aliphatic rings. The van der Waals surface area contributed by atoms with Crippen molar-refractivity contribution in [2.75, 3.05) is 11.9 Å². The summed E-state index contributed by atoms with van der Waals surface area (Å²) in [6.07, 6.45) is 1.48. The number of halogens is 3. The summed E-state index contributed by atoms with van der Waals surface area (Å²) in [4.78, 5) is 12.7. The number of benzene rings is 3. The summed E-state index contributed by atoms with van der Waals surface area (Å²) < 4.78 is 26.3. The van der Waals surface area contributed by atoms with Crippen LogP contribution in [0.1, 0.15) is 23.6 Å². The van der Waals surface area contributed by atoms with Crippen molar-refractivity contribution in [1.82, 2.24) is 0 Å². The van der Waals surface area contributed by atoms with Crippen molar-refractivity contribution in [3.05, 3.63) is 91.6 Å². The molecule has 0 aromatic heterocycles. The Kier molecular flexibility index (Phi) is 8.85. The number of hydrogen-bond acceptors (Lipinski definition) is 4. The molecule has 3 aromatic rings. The second kappa shape index (κ2) is 11.8. The molecular weight excluding hydrogens is 567 g/mol. The number of rotatable bonds is 8. The van der Waals surface area contributed by atoms with E-state index in [0.29, 0.717) is 33.8 Å². The lowest BCUT2D eigenvalue weighted by molar-refractivity contribution is -0.112. The summed E-state index contributed by atoms with van der Waals surface area (Å²) in [5, 5.41) is 12.3. The zero-order valence-electron chi connectivity index (χ0n) is 18.5. The van der Waals surface area contributed by atoms with Crippen molar-refractivity contribution in [2.24, 2.45) is 0 Å². The maximum atomic E-state index is 13.1. The molecule has 34 heavy (non-hydrogen) atoms. The second-order valence-corrected chi connectivity index (χ2v) is 8.97. The minimum Gasteiger partial charge on any atom is -0.490 e. The van der Waals surface area contributed by atoms with Crippen molar-refractivity contribution >= 4 is 49.5 Å². The van der Waals surface area contributed by atoms with E-state index >= 15 is 0 Å². The molecule has 1 N–H and O–H groups in total. The van der Waals surface area contributed by atoms with Gasteiger partial charge < -0.3 is 14.8 Å². The first kappa shape index (κ1) is 25.5. The predicted molar refractivity (Wildman–Crippen MR) is 137 cm³/mol. The van der Waals surface area contributed by atoms with E-state index in [1.54, 1.807) is 30.3 Å². The third-order valence-electron chi connectivity index (χ3n) is 4.75. The highest BCUT2D eigenvalue weighted by Crippen LogP contribution is 2.35. The lowest BCUT2D eigenvalue weighted by atomic mass is 10.1. The van der Waals surface area contributed by atoms with Gasteiger partial charge in [0.2, 0.25) is 0 Å². The van der Waals surface area contributed by atoms with Crippen LogP contribution < -0.4 is 14.8 Å². The van der Waals surface area contributed by atoms with Crippen LogP contribution in [0.4, 0.5) is 10.1 Å².